The van der Waals surface area contributed by atoms with Crippen LogP contribution in [0, 0.1) is 0 Å². The van der Waals surface area contributed by atoms with Crippen LogP contribution in [-0.2, 0) is 16.1 Å². The highest BCUT2D eigenvalue weighted by molar-refractivity contribution is 5.86. The molecule has 0 amide bonds. The van der Waals surface area contributed by atoms with E-state index in [9.17, 15) is 4.79 Å². The highest BCUT2D eigenvalue weighted by Crippen LogP contribution is 2.03. The lowest BCUT2D eigenvalue weighted by atomic mass is 10.2. The van der Waals surface area contributed by atoms with Crippen LogP contribution in [0.25, 0.3) is 0 Å². The van der Waals surface area contributed by atoms with E-state index >= 15 is 0 Å². The number of ether oxygens (including phenoxy) is 1. The van der Waals surface area contributed by atoms with Gasteiger partial charge < -0.3 is 9.30 Å². The third kappa shape index (κ3) is 5.90. The monoisotopic (exact) mass is 236 g/mol. The standard InChI is InChI=1S/C13H20N2O2/c1-12(2)13(16)17-10-6-4-3-5-8-15-9-7-14-11-15/h7,9,11H,1,3-6,8,10H2,2H3. The van der Waals surface area contributed by atoms with Crippen molar-refractivity contribution in [2.45, 2.75) is 39.2 Å². The number of hydrogen-bond acceptors (Lipinski definition) is 3. The van der Waals surface area contributed by atoms with Crippen LogP contribution in [0.4, 0.5) is 0 Å². The minimum absolute atomic E-state index is 0.289. The summed E-state index contributed by atoms with van der Waals surface area (Å²) in [6.07, 6.45) is 9.86. The second-order valence-electron chi connectivity index (χ2n) is 4.13. The van der Waals surface area contributed by atoms with E-state index in [0.717, 1.165) is 32.2 Å². The van der Waals surface area contributed by atoms with E-state index in [1.807, 2.05) is 12.5 Å². The number of nitrogens with zero attached hydrogens (tertiary/aromatic N) is 2. The summed E-state index contributed by atoms with van der Waals surface area (Å²) in [7, 11) is 0. The quantitative estimate of drug-likeness (QED) is 0.396. The summed E-state index contributed by atoms with van der Waals surface area (Å²) in [5, 5.41) is 0. The number of carbonyl (C=O) groups excluding carboxylic acids is 1. The van der Waals surface area contributed by atoms with Gasteiger partial charge in [-0.2, -0.15) is 0 Å². The molecule has 0 fully saturated rings. The summed E-state index contributed by atoms with van der Waals surface area (Å²) >= 11 is 0. The molecule has 4 nitrogen and oxygen atoms in total. The zero-order chi connectivity index (χ0) is 12.5. The lowest BCUT2D eigenvalue weighted by Crippen LogP contribution is -2.06. The first-order valence-electron chi connectivity index (χ1n) is 5.98. The molecule has 0 radical (unpaired) electrons. The molecule has 94 valence electrons. The van der Waals surface area contributed by atoms with Crippen molar-refractivity contribution >= 4 is 5.97 Å². The number of imidazole rings is 1. The molecule has 0 atom stereocenters. The van der Waals surface area contributed by atoms with Crippen molar-refractivity contribution in [3.8, 4) is 0 Å². The van der Waals surface area contributed by atoms with Gasteiger partial charge in [0, 0.05) is 24.5 Å². The van der Waals surface area contributed by atoms with Crippen LogP contribution in [0.2, 0.25) is 0 Å². The maximum atomic E-state index is 11.1. The normalized spacial score (nSPS) is 10.2. The summed E-state index contributed by atoms with van der Waals surface area (Å²) in [5.41, 5.74) is 0.463. The molecule has 0 bridgehead atoms. The smallest absolute Gasteiger partial charge is 0.333 e. The Bertz CT molecular complexity index is 344. The molecule has 1 rings (SSSR count). The molecule has 0 saturated carbocycles. The molecule has 17 heavy (non-hydrogen) atoms. The van der Waals surface area contributed by atoms with Crippen LogP contribution in [0.15, 0.2) is 30.9 Å². The van der Waals surface area contributed by atoms with Gasteiger partial charge >= 0.3 is 5.97 Å². The van der Waals surface area contributed by atoms with Crippen molar-refractivity contribution < 1.29 is 9.53 Å². The summed E-state index contributed by atoms with van der Waals surface area (Å²) in [6.45, 7) is 6.69. The number of rotatable bonds is 8. The van der Waals surface area contributed by atoms with Crippen molar-refractivity contribution in [3.05, 3.63) is 30.9 Å². The highest BCUT2D eigenvalue weighted by atomic mass is 16.5. The van der Waals surface area contributed by atoms with E-state index in [1.54, 1.807) is 13.1 Å². The zero-order valence-electron chi connectivity index (χ0n) is 10.4. The molecule has 0 aromatic carbocycles. The lowest BCUT2D eigenvalue weighted by molar-refractivity contribution is -0.139. The molecule has 0 aliphatic rings. The maximum Gasteiger partial charge on any atom is 0.333 e. The molecule has 1 aromatic rings. The minimum Gasteiger partial charge on any atom is -0.462 e. The average Bonchev–Trinajstić information content (AvgIpc) is 2.80. The van der Waals surface area contributed by atoms with Crippen molar-refractivity contribution in [3.63, 3.8) is 0 Å². The Hall–Kier alpha value is -1.58. The highest BCUT2D eigenvalue weighted by Gasteiger charge is 2.01. The summed E-state index contributed by atoms with van der Waals surface area (Å²) in [6, 6.07) is 0. The number of aromatic nitrogens is 2. The van der Waals surface area contributed by atoms with Crippen LogP contribution in [0.5, 0.6) is 0 Å². The Balaban J connectivity index is 1.91. The third-order valence-electron chi connectivity index (χ3n) is 2.45. The van der Waals surface area contributed by atoms with Gasteiger partial charge in [-0.25, -0.2) is 9.78 Å². The molecule has 0 spiro atoms. The SMILES string of the molecule is C=C(C)C(=O)OCCCCCCn1ccnc1. The van der Waals surface area contributed by atoms with E-state index in [1.165, 1.54) is 0 Å². The van der Waals surface area contributed by atoms with Crippen molar-refractivity contribution in [2.24, 2.45) is 0 Å². The summed E-state index contributed by atoms with van der Waals surface area (Å²) < 4.78 is 7.07. The van der Waals surface area contributed by atoms with Crippen molar-refractivity contribution in [1.82, 2.24) is 9.55 Å². The number of aryl methyl sites for hydroxylation is 1. The van der Waals surface area contributed by atoms with Gasteiger partial charge in [-0.1, -0.05) is 13.0 Å². The fraction of sp³-hybridized carbons (Fsp3) is 0.538. The van der Waals surface area contributed by atoms with Crippen molar-refractivity contribution in [1.29, 1.82) is 0 Å². The van der Waals surface area contributed by atoms with Gasteiger partial charge in [0.1, 0.15) is 0 Å². The summed E-state index contributed by atoms with van der Waals surface area (Å²) in [4.78, 5) is 15.0. The Morgan fingerprint density at radius 2 is 2.12 bits per heavy atom. The zero-order valence-corrected chi connectivity index (χ0v) is 10.4. The molecule has 4 heteroatoms. The second kappa shape index (κ2) is 7.65. The van der Waals surface area contributed by atoms with E-state index in [4.69, 9.17) is 4.74 Å². The first-order chi connectivity index (χ1) is 8.20. The molecule has 0 aliphatic carbocycles. The predicted molar refractivity (Wildman–Crippen MR) is 66.5 cm³/mol. The molecular weight excluding hydrogens is 216 g/mol. The van der Waals surface area contributed by atoms with Crippen LogP contribution in [0.1, 0.15) is 32.6 Å². The van der Waals surface area contributed by atoms with E-state index in [-0.39, 0.29) is 5.97 Å². The van der Waals surface area contributed by atoms with Gasteiger partial charge in [-0.05, 0) is 26.2 Å². The molecule has 0 N–H and O–H groups in total. The van der Waals surface area contributed by atoms with Gasteiger partial charge in [0.15, 0.2) is 0 Å². The van der Waals surface area contributed by atoms with E-state index in [0.29, 0.717) is 12.2 Å². The average molecular weight is 236 g/mol. The Labute approximate surface area is 102 Å². The Morgan fingerprint density at radius 1 is 1.35 bits per heavy atom. The molecule has 0 aliphatic heterocycles. The minimum atomic E-state index is -0.289. The number of carbonyl (C=O) groups is 1. The largest absolute Gasteiger partial charge is 0.462 e. The van der Waals surface area contributed by atoms with Crippen LogP contribution in [-0.4, -0.2) is 22.1 Å². The molecule has 0 saturated heterocycles. The fourth-order valence-electron chi connectivity index (χ4n) is 1.46. The fourth-order valence-corrected chi connectivity index (χ4v) is 1.46. The first kappa shape index (κ1) is 13.5. The van der Waals surface area contributed by atoms with Crippen LogP contribution >= 0.6 is 0 Å². The predicted octanol–water partition coefficient (Wildman–Crippen LogP) is 2.56. The lowest BCUT2D eigenvalue weighted by Gasteiger charge is -2.04. The molecule has 1 aromatic heterocycles. The molecular formula is C13H20N2O2. The van der Waals surface area contributed by atoms with E-state index in [2.05, 4.69) is 16.1 Å². The third-order valence-corrected chi connectivity index (χ3v) is 2.45. The van der Waals surface area contributed by atoms with Crippen LogP contribution < -0.4 is 0 Å². The summed E-state index contributed by atoms with van der Waals surface area (Å²) in [5.74, 6) is -0.289. The number of unbranched alkanes of at least 4 members (excludes halogenated alkanes) is 3. The van der Waals surface area contributed by atoms with Gasteiger partial charge in [0.05, 0.1) is 12.9 Å². The maximum absolute atomic E-state index is 11.1. The van der Waals surface area contributed by atoms with Crippen molar-refractivity contribution in [2.75, 3.05) is 6.61 Å². The Morgan fingerprint density at radius 3 is 2.76 bits per heavy atom. The molecule has 0 unspecified atom stereocenters. The van der Waals surface area contributed by atoms with Gasteiger partial charge in [0.25, 0.3) is 0 Å². The van der Waals surface area contributed by atoms with Gasteiger partial charge in [-0.15, -0.1) is 0 Å². The number of hydrogen-bond donors (Lipinski definition) is 0. The second-order valence-corrected chi connectivity index (χ2v) is 4.13. The topological polar surface area (TPSA) is 44.1 Å². The van der Waals surface area contributed by atoms with E-state index < -0.39 is 0 Å². The van der Waals surface area contributed by atoms with Crippen LogP contribution in [0.3, 0.4) is 0 Å². The van der Waals surface area contributed by atoms with Gasteiger partial charge in [0.2, 0.25) is 0 Å². The molecule has 1 heterocycles. The number of esters is 1. The van der Waals surface area contributed by atoms with Gasteiger partial charge in [-0.3, -0.25) is 0 Å². The first-order valence-corrected chi connectivity index (χ1v) is 5.98. The Kier molecular flexibility index (Phi) is 6.07.